The summed E-state index contributed by atoms with van der Waals surface area (Å²) in [5.74, 6) is 0.225. The van der Waals surface area contributed by atoms with Crippen LogP contribution in [0.5, 0.6) is 0 Å². The summed E-state index contributed by atoms with van der Waals surface area (Å²) in [6.07, 6.45) is 5.49. The van der Waals surface area contributed by atoms with Gasteiger partial charge in [-0.25, -0.2) is 4.98 Å². The van der Waals surface area contributed by atoms with E-state index in [0.29, 0.717) is 13.1 Å². The third-order valence-electron chi connectivity index (χ3n) is 5.24. The summed E-state index contributed by atoms with van der Waals surface area (Å²) >= 11 is 1.69. The molecule has 4 rings (SSSR count). The number of para-hydroxylation sites is 1. The molecule has 2 aromatic rings. The van der Waals surface area contributed by atoms with Crippen LogP contribution >= 0.6 is 11.3 Å². The topological polar surface area (TPSA) is 74.2 Å². The fraction of sp³-hybridized carbons (Fsp3) is 0.474. The van der Waals surface area contributed by atoms with E-state index in [1.54, 1.807) is 11.3 Å². The molecule has 132 valence electrons. The van der Waals surface area contributed by atoms with Crippen molar-refractivity contribution in [2.75, 3.05) is 19.6 Å². The van der Waals surface area contributed by atoms with Crippen molar-refractivity contribution in [2.45, 2.75) is 24.9 Å². The lowest BCUT2D eigenvalue weighted by atomic mass is 9.82. The van der Waals surface area contributed by atoms with Crippen LogP contribution in [0.1, 0.15) is 23.8 Å². The minimum absolute atomic E-state index is 0.0766. The van der Waals surface area contributed by atoms with Gasteiger partial charge in [-0.3, -0.25) is 4.79 Å². The number of aliphatic hydroxyl groups is 1. The van der Waals surface area contributed by atoms with E-state index in [4.69, 9.17) is 4.98 Å². The van der Waals surface area contributed by atoms with Crippen LogP contribution in [0.2, 0.25) is 0 Å². The number of hydrogen-bond donors (Lipinski definition) is 3. The first-order valence-corrected chi connectivity index (χ1v) is 9.71. The molecule has 0 saturated carbocycles. The fourth-order valence-electron chi connectivity index (χ4n) is 3.72. The molecule has 0 radical (unpaired) electrons. The number of rotatable bonds is 4. The zero-order valence-electron chi connectivity index (χ0n) is 14.0. The van der Waals surface area contributed by atoms with Gasteiger partial charge in [0.1, 0.15) is 0 Å². The Morgan fingerprint density at radius 1 is 1.28 bits per heavy atom. The number of amides is 1. The predicted molar refractivity (Wildman–Crippen MR) is 99.6 cm³/mol. The van der Waals surface area contributed by atoms with Crippen molar-refractivity contribution in [1.29, 1.82) is 0 Å². The van der Waals surface area contributed by atoms with Gasteiger partial charge in [-0.1, -0.05) is 24.3 Å². The standard InChI is InChI=1S/C19H23N3O2S/c23-16-11-20-9-12(16)10-21-18(24)13-5-1-2-6-14(13)19-22-15-7-3-4-8-17(15)25-19/h1-4,7-8,12-14,16,20,23H,5-6,9-11H2,(H,21,24). The van der Waals surface area contributed by atoms with Crippen LogP contribution in [-0.4, -0.2) is 41.7 Å². The van der Waals surface area contributed by atoms with E-state index in [-0.39, 0.29) is 29.8 Å². The number of allylic oxidation sites excluding steroid dienone is 2. The van der Waals surface area contributed by atoms with Crippen LogP contribution in [0, 0.1) is 11.8 Å². The van der Waals surface area contributed by atoms with Gasteiger partial charge >= 0.3 is 0 Å². The third-order valence-corrected chi connectivity index (χ3v) is 6.41. The van der Waals surface area contributed by atoms with Crippen LogP contribution in [0.15, 0.2) is 36.4 Å². The van der Waals surface area contributed by atoms with E-state index >= 15 is 0 Å². The highest BCUT2D eigenvalue weighted by Gasteiger charge is 2.33. The minimum Gasteiger partial charge on any atom is -0.391 e. The molecule has 0 bridgehead atoms. The molecule has 1 aliphatic carbocycles. The highest BCUT2D eigenvalue weighted by Crippen LogP contribution is 2.38. The van der Waals surface area contributed by atoms with Gasteiger partial charge in [0.25, 0.3) is 0 Å². The predicted octanol–water partition coefficient (Wildman–Crippen LogP) is 2.04. The van der Waals surface area contributed by atoms with Gasteiger partial charge in [-0.15, -0.1) is 11.3 Å². The lowest BCUT2D eigenvalue weighted by Crippen LogP contribution is -2.40. The molecule has 2 aliphatic rings. The molecular formula is C19H23N3O2S. The summed E-state index contributed by atoms with van der Waals surface area (Å²) in [6, 6.07) is 8.13. The Morgan fingerprint density at radius 3 is 2.92 bits per heavy atom. The number of nitrogens with one attached hydrogen (secondary N) is 2. The molecule has 5 nitrogen and oxygen atoms in total. The summed E-state index contributed by atoms with van der Waals surface area (Å²) in [4.78, 5) is 17.6. The number of hydrogen-bond acceptors (Lipinski definition) is 5. The maximum atomic E-state index is 12.8. The van der Waals surface area contributed by atoms with E-state index in [1.165, 1.54) is 4.70 Å². The van der Waals surface area contributed by atoms with E-state index in [0.717, 1.165) is 29.9 Å². The van der Waals surface area contributed by atoms with E-state index < -0.39 is 0 Å². The number of benzene rings is 1. The van der Waals surface area contributed by atoms with Crippen molar-refractivity contribution < 1.29 is 9.90 Å². The smallest absolute Gasteiger partial charge is 0.224 e. The Bertz CT molecular complexity index is 755. The summed E-state index contributed by atoms with van der Waals surface area (Å²) in [5, 5.41) is 17.2. The lowest BCUT2D eigenvalue weighted by Gasteiger charge is -2.26. The number of carbonyl (C=O) groups excluding carboxylic acids is 1. The number of aromatic nitrogens is 1. The van der Waals surface area contributed by atoms with E-state index in [2.05, 4.69) is 28.9 Å². The Morgan fingerprint density at radius 2 is 2.12 bits per heavy atom. The molecule has 4 unspecified atom stereocenters. The largest absolute Gasteiger partial charge is 0.391 e. The lowest BCUT2D eigenvalue weighted by molar-refractivity contribution is -0.126. The SMILES string of the molecule is O=C(NCC1CNCC1O)C1CC=CCC1c1nc2ccccc2s1. The highest BCUT2D eigenvalue weighted by molar-refractivity contribution is 7.18. The molecule has 1 saturated heterocycles. The fourth-order valence-corrected chi connectivity index (χ4v) is 4.86. The molecular weight excluding hydrogens is 334 g/mol. The van der Waals surface area contributed by atoms with Crippen molar-refractivity contribution in [3.05, 3.63) is 41.4 Å². The zero-order valence-corrected chi connectivity index (χ0v) is 14.8. The first-order valence-electron chi connectivity index (χ1n) is 8.89. The highest BCUT2D eigenvalue weighted by atomic mass is 32.1. The number of carbonyl (C=O) groups is 1. The average Bonchev–Trinajstić information content (AvgIpc) is 3.25. The molecule has 1 amide bonds. The van der Waals surface area contributed by atoms with Gasteiger partial charge < -0.3 is 15.7 Å². The van der Waals surface area contributed by atoms with Crippen molar-refractivity contribution in [2.24, 2.45) is 11.8 Å². The average molecular weight is 357 g/mol. The van der Waals surface area contributed by atoms with Crippen LogP contribution in [-0.2, 0) is 4.79 Å². The van der Waals surface area contributed by atoms with Gasteiger partial charge in [-0.2, -0.15) is 0 Å². The first-order chi connectivity index (χ1) is 12.2. The summed E-state index contributed by atoms with van der Waals surface area (Å²) in [7, 11) is 0. The number of fused-ring (bicyclic) bond motifs is 1. The molecule has 2 heterocycles. The first kappa shape index (κ1) is 16.7. The molecule has 6 heteroatoms. The molecule has 1 aromatic heterocycles. The van der Waals surface area contributed by atoms with Crippen molar-refractivity contribution in [1.82, 2.24) is 15.6 Å². The normalized spacial score (nSPS) is 29.2. The van der Waals surface area contributed by atoms with E-state index in [9.17, 15) is 9.90 Å². The number of nitrogens with zero attached hydrogens (tertiary/aromatic N) is 1. The minimum atomic E-state index is -0.369. The Hall–Kier alpha value is -1.76. The second kappa shape index (κ2) is 7.23. The maximum Gasteiger partial charge on any atom is 0.224 e. The van der Waals surface area contributed by atoms with Gasteiger partial charge in [0, 0.05) is 31.5 Å². The maximum absolute atomic E-state index is 12.8. The molecule has 0 spiro atoms. The summed E-state index contributed by atoms with van der Waals surface area (Å²) < 4.78 is 1.17. The molecule has 1 fully saturated rings. The second-order valence-electron chi connectivity index (χ2n) is 6.91. The van der Waals surface area contributed by atoms with Crippen LogP contribution in [0.25, 0.3) is 10.2 Å². The molecule has 4 atom stereocenters. The number of β-amino-alcohol motifs (C(OH)–C–C–N with tert-alkyl or cyclic N) is 1. The van der Waals surface area contributed by atoms with Crippen molar-refractivity contribution in [3.63, 3.8) is 0 Å². The van der Waals surface area contributed by atoms with Crippen molar-refractivity contribution >= 4 is 27.5 Å². The van der Waals surface area contributed by atoms with Crippen LogP contribution in [0.3, 0.4) is 0 Å². The zero-order chi connectivity index (χ0) is 17.2. The molecule has 1 aliphatic heterocycles. The van der Waals surface area contributed by atoms with Gasteiger partial charge in [0.15, 0.2) is 0 Å². The van der Waals surface area contributed by atoms with Crippen LogP contribution < -0.4 is 10.6 Å². The van der Waals surface area contributed by atoms with Gasteiger partial charge in [0.05, 0.1) is 27.2 Å². The molecule has 1 aromatic carbocycles. The van der Waals surface area contributed by atoms with Crippen LogP contribution in [0.4, 0.5) is 0 Å². The number of aliphatic hydroxyl groups excluding tert-OH is 1. The van der Waals surface area contributed by atoms with Crippen molar-refractivity contribution in [3.8, 4) is 0 Å². The monoisotopic (exact) mass is 357 g/mol. The number of thiazole rings is 1. The summed E-state index contributed by atoms with van der Waals surface area (Å²) in [6.45, 7) is 1.90. The van der Waals surface area contributed by atoms with Gasteiger partial charge in [-0.05, 0) is 25.0 Å². The second-order valence-corrected chi connectivity index (χ2v) is 7.97. The van der Waals surface area contributed by atoms with Gasteiger partial charge in [0.2, 0.25) is 5.91 Å². The third kappa shape index (κ3) is 3.47. The van der Waals surface area contributed by atoms with E-state index in [1.807, 2.05) is 18.2 Å². The Balaban J connectivity index is 1.48. The summed E-state index contributed by atoms with van der Waals surface area (Å²) in [5.41, 5.74) is 1.01. The molecule has 25 heavy (non-hydrogen) atoms. The Labute approximate surface area is 151 Å². The molecule has 3 N–H and O–H groups in total. The Kier molecular flexibility index (Phi) is 4.83. The quantitative estimate of drug-likeness (QED) is 0.732.